The van der Waals surface area contributed by atoms with E-state index >= 15 is 0 Å². The molecule has 0 radical (unpaired) electrons. The van der Waals surface area contributed by atoms with Crippen LogP contribution in [0.5, 0.6) is 5.75 Å². The second-order valence-corrected chi connectivity index (χ2v) is 9.52. The highest BCUT2D eigenvalue weighted by molar-refractivity contribution is 8.15. The van der Waals surface area contributed by atoms with E-state index < -0.39 is 11.2 Å². The molecule has 1 atom stereocenters. The van der Waals surface area contributed by atoms with Crippen molar-refractivity contribution < 1.29 is 24.2 Å². The number of ether oxygens (including phenoxy) is 1. The van der Waals surface area contributed by atoms with E-state index in [-0.39, 0.29) is 23.8 Å². The molecule has 1 aliphatic heterocycles. The maximum atomic E-state index is 13.1. The number of carbonyl (C=O) groups excluding carboxylic acids is 3. The van der Waals surface area contributed by atoms with Gasteiger partial charge >= 0.3 is 0 Å². The van der Waals surface area contributed by atoms with Crippen molar-refractivity contribution in [3.05, 3.63) is 76.5 Å². The minimum Gasteiger partial charge on any atom is -0.545 e. The zero-order chi connectivity index (χ0) is 24.1. The number of nitrogens with zero attached hydrogens (tertiary/aromatic N) is 2. The molecule has 1 aromatic heterocycles. The number of carboxylic acid groups (broad SMARTS) is 1. The van der Waals surface area contributed by atoms with Crippen LogP contribution in [0, 0.1) is 0 Å². The van der Waals surface area contributed by atoms with Crippen LogP contribution in [0.4, 0.5) is 11.4 Å². The zero-order valence-corrected chi connectivity index (χ0v) is 19.7. The van der Waals surface area contributed by atoms with Gasteiger partial charge < -0.3 is 20.0 Å². The van der Waals surface area contributed by atoms with Crippen LogP contribution in [0.25, 0.3) is 0 Å². The van der Waals surface area contributed by atoms with Crippen LogP contribution in [0.2, 0.25) is 0 Å². The lowest BCUT2D eigenvalue weighted by atomic mass is 10.2. The Morgan fingerprint density at radius 1 is 1.15 bits per heavy atom. The second kappa shape index (κ2) is 10.5. The molecular weight excluding hydrogens is 474 g/mol. The normalized spacial score (nSPS) is 17.0. The molecule has 2 amide bonds. The molecule has 1 N–H and O–H groups in total. The lowest BCUT2D eigenvalue weighted by Crippen LogP contribution is -2.44. The number of thioether (sulfide) groups is 1. The Morgan fingerprint density at radius 2 is 1.88 bits per heavy atom. The van der Waals surface area contributed by atoms with E-state index in [1.54, 1.807) is 47.6 Å². The summed E-state index contributed by atoms with van der Waals surface area (Å²) in [5, 5.41) is 15.4. The minimum atomic E-state index is -1.29. The van der Waals surface area contributed by atoms with E-state index in [0.717, 1.165) is 4.88 Å². The summed E-state index contributed by atoms with van der Waals surface area (Å²) in [7, 11) is 1.58. The fourth-order valence-electron chi connectivity index (χ4n) is 3.23. The highest BCUT2D eigenvalue weighted by atomic mass is 32.2. The van der Waals surface area contributed by atoms with Crippen molar-refractivity contribution in [2.24, 2.45) is 4.99 Å². The van der Waals surface area contributed by atoms with Gasteiger partial charge in [-0.2, -0.15) is 0 Å². The molecular formula is C24H20N3O5S2-. The molecule has 0 bridgehead atoms. The number of benzene rings is 2. The van der Waals surface area contributed by atoms with Gasteiger partial charge in [0.05, 0.1) is 25.3 Å². The molecule has 8 nitrogen and oxygen atoms in total. The van der Waals surface area contributed by atoms with Crippen molar-refractivity contribution >= 4 is 57.4 Å². The Morgan fingerprint density at radius 3 is 2.50 bits per heavy atom. The number of hydrogen-bond acceptors (Lipinski definition) is 8. The number of methoxy groups -OCH3 is 1. The Balaban J connectivity index is 1.55. The van der Waals surface area contributed by atoms with Gasteiger partial charge in [-0.25, -0.2) is 4.99 Å². The van der Waals surface area contributed by atoms with Crippen LogP contribution in [-0.4, -0.2) is 40.2 Å². The third-order valence-electron chi connectivity index (χ3n) is 5.01. The molecule has 34 heavy (non-hydrogen) atoms. The molecule has 1 fully saturated rings. The number of amidine groups is 1. The Labute approximate surface area is 204 Å². The van der Waals surface area contributed by atoms with E-state index in [1.807, 2.05) is 17.5 Å². The SMILES string of the molecule is COc1ccc(N=C2S[C@@H](C(=O)Nc3ccc(C(=O)[O-])cc3)CC(=O)N2Cc2cccs2)cc1. The number of carbonyl (C=O) groups is 3. The van der Waals surface area contributed by atoms with Gasteiger partial charge in [-0.05, 0) is 53.4 Å². The summed E-state index contributed by atoms with van der Waals surface area (Å²) in [6, 6.07) is 16.6. The van der Waals surface area contributed by atoms with Crippen LogP contribution in [0.1, 0.15) is 21.7 Å². The standard InChI is InChI=1S/C24H21N3O5S2/c1-32-18-10-8-17(9-11-18)26-24-27(14-19-3-2-12-33-19)21(28)13-20(34-24)22(29)25-16-6-4-15(5-7-16)23(30)31/h2-12,20H,13-14H2,1H3,(H,25,29)(H,30,31)/p-1/t20-/m1/s1. The lowest BCUT2D eigenvalue weighted by Gasteiger charge is -2.31. The summed E-state index contributed by atoms with van der Waals surface area (Å²) in [4.78, 5) is 44.2. The van der Waals surface area contributed by atoms with Gasteiger partial charge in [-0.15, -0.1) is 11.3 Å². The van der Waals surface area contributed by atoms with Crippen LogP contribution < -0.4 is 15.2 Å². The third kappa shape index (κ3) is 5.64. The highest BCUT2D eigenvalue weighted by Crippen LogP contribution is 2.32. The number of aliphatic imine (C=N–C) groups is 1. The first-order chi connectivity index (χ1) is 16.4. The van der Waals surface area contributed by atoms with Gasteiger partial charge in [0.15, 0.2) is 5.17 Å². The zero-order valence-electron chi connectivity index (χ0n) is 18.1. The van der Waals surface area contributed by atoms with Crippen molar-refractivity contribution in [3.63, 3.8) is 0 Å². The third-order valence-corrected chi connectivity index (χ3v) is 7.06. The second-order valence-electron chi connectivity index (χ2n) is 7.32. The maximum absolute atomic E-state index is 13.1. The van der Waals surface area contributed by atoms with E-state index in [1.165, 1.54) is 36.0 Å². The molecule has 4 rings (SSSR count). The average molecular weight is 495 g/mol. The summed E-state index contributed by atoms with van der Waals surface area (Å²) in [6.45, 7) is 0.373. The number of amides is 2. The maximum Gasteiger partial charge on any atom is 0.238 e. The monoisotopic (exact) mass is 494 g/mol. The Bertz CT molecular complexity index is 1210. The van der Waals surface area contributed by atoms with Crippen molar-refractivity contribution in [2.75, 3.05) is 12.4 Å². The lowest BCUT2D eigenvalue weighted by molar-refractivity contribution is -0.255. The number of hydrogen-bond donors (Lipinski definition) is 1. The number of carboxylic acids is 1. The molecule has 1 aliphatic rings. The summed E-state index contributed by atoms with van der Waals surface area (Å²) in [5.74, 6) is -1.17. The molecule has 0 spiro atoms. The van der Waals surface area contributed by atoms with Crippen LogP contribution in [0.15, 0.2) is 71.0 Å². The van der Waals surface area contributed by atoms with Gasteiger partial charge in [0.1, 0.15) is 11.0 Å². The van der Waals surface area contributed by atoms with Crippen molar-refractivity contribution in [1.82, 2.24) is 4.90 Å². The molecule has 0 aliphatic carbocycles. The van der Waals surface area contributed by atoms with Gasteiger partial charge in [-0.1, -0.05) is 30.0 Å². The summed E-state index contributed by atoms with van der Waals surface area (Å²) in [5.41, 5.74) is 1.07. The first kappa shape index (κ1) is 23.5. The Kier molecular flexibility index (Phi) is 7.29. The van der Waals surface area contributed by atoms with Crippen LogP contribution >= 0.6 is 23.1 Å². The van der Waals surface area contributed by atoms with Gasteiger partial charge in [0, 0.05) is 17.0 Å². The van der Waals surface area contributed by atoms with Gasteiger partial charge in [-0.3, -0.25) is 14.5 Å². The number of rotatable bonds is 7. The fourth-order valence-corrected chi connectivity index (χ4v) is 5.03. The smallest absolute Gasteiger partial charge is 0.238 e. The molecule has 0 unspecified atom stereocenters. The molecule has 3 aromatic rings. The van der Waals surface area contributed by atoms with E-state index in [4.69, 9.17) is 4.74 Å². The number of nitrogens with one attached hydrogen (secondary N) is 1. The largest absolute Gasteiger partial charge is 0.545 e. The molecule has 1 saturated heterocycles. The highest BCUT2D eigenvalue weighted by Gasteiger charge is 2.36. The summed E-state index contributed by atoms with van der Waals surface area (Å²) < 4.78 is 5.19. The summed E-state index contributed by atoms with van der Waals surface area (Å²) in [6.07, 6.45) is 0.0145. The van der Waals surface area contributed by atoms with Crippen molar-refractivity contribution in [1.29, 1.82) is 0 Å². The van der Waals surface area contributed by atoms with E-state index in [9.17, 15) is 19.5 Å². The molecule has 10 heteroatoms. The predicted molar refractivity (Wildman–Crippen MR) is 130 cm³/mol. The topological polar surface area (TPSA) is 111 Å². The average Bonchev–Trinajstić information content (AvgIpc) is 3.35. The molecule has 2 heterocycles. The first-order valence-electron chi connectivity index (χ1n) is 10.3. The molecule has 174 valence electrons. The van der Waals surface area contributed by atoms with Crippen molar-refractivity contribution in [3.8, 4) is 5.75 Å². The van der Waals surface area contributed by atoms with Crippen LogP contribution in [0.3, 0.4) is 0 Å². The molecule has 0 saturated carbocycles. The fraction of sp³-hybridized carbons (Fsp3) is 0.167. The minimum absolute atomic E-state index is 0.0124. The first-order valence-corrected chi connectivity index (χ1v) is 12.0. The van der Waals surface area contributed by atoms with Crippen LogP contribution in [-0.2, 0) is 16.1 Å². The van der Waals surface area contributed by atoms with Gasteiger partial charge in [0.2, 0.25) is 11.8 Å². The van der Waals surface area contributed by atoms with E-state index in [2.05, 4.69) is 10.3 Å². The quantitative estimate of drug-likeness (QED) is 0.540. The van der Waals surface area contributed by atoms with E-state index in [0.29, 0.717) is 28.8 Å². The predicted octanol–water partition coefficient (Wildman–Crippen LogP) is 3.28. The number of anilines is 1. The van der Waals surface area contributed by atoms with Crippen molar-refractivity contribution in [2.45, 2.75) is 18.2 Å². The molecule has 2 aromatic carbocycles. The van der Waals surface area contributed by atoms with Gasteiger partial charge in [0.25, 0.3) is 0 Å². The summed E-state index contributed by atoms with van der Waals surface area (Å²) >= 11 is 2.76. The number of aromatic carboxylic acids is 1. The Hall–Kier alpha value is -3.63. The number of thiophene rings is 1.